The summed E-state index contributed by atoms with van der Waals surface area (Å²) in [6, 6.07) is 6.22. The highest BCUT2D eigenvalue weighted by atomic mass is 35.5. The van der Waals surface area contributed by atoms with E-state index in [2.05, 4.69) is 10.2 Å². The fourth-order valence-corrected chi connectivity index (χ4v) is 3.18. The second-order valence-electron chi connectivity index (χ2n) is 6.50. The van der Waals surface area contributed by atoms with Crippen molar-refractivity contribution in [1.82, 2.24) is 0 Å². The number of carbonyl (C=O) groups excluding carboxylic acids is 2. The van der Waals surface area contributed by atoms with Crippen molar-refractivity contribution in [1.29, 1.82) is 0 Å². The van der Waals surface area contributed by atoms with Crippen molar-refractivity contribution in [2.45, 2.75) is 26.8 Å². The number of ketones is 1. The molecule has 33 heavy (non-hydrogen) atoms. The molecule has 11 heteroatoms. The quantitative estimate of drug-likeness (QED) is 0.234. The number of Topliss-reactive ketones (excluding diaryl/α,β-unsaturated/α-hetero) is 1. The van der Waals surface area contributed by atoms with Crippen LogP contribution in [0.3, 0.4) is 0 Å². The first-order valence-corrected chi connectivity index (χ1v) is 10.7. The molecule has 0 radical (unpaired) electrons. The van der Waals surface area contributed by atoms with Crippen molar-refractivity contribution >= 4 is 46.4 Å². The van der Waals surface area contributed by atoms with Crippen molar-refractivity contribution in [2.24, 2.45) is 10.2 Å². The van der Waals surface area contributed by atoms with Gasteiger partial charge in [-0.15, -0.1) is 0 Å². The van der Waals surface area contributed by atoms with Crippen LogP contribution in [0.5, 0.6) is 23.0 Å². The predicted molar refractivity (Wildman–Crippen MR) is 126 cm³/mol. The molecule has 2 aromatic carbocycles. The standard InChI is InChI=1S/C22H25Cl2N3O6/c1-6-32-18-12-19(33-7-2)16(11-15(18)23)25-26-21(13(3)28)22(29)27(24)17-9-8-14(30-4)10-20(17)31-5/h8-12,21H,6-7H2,1-5H3. The van der Waals surface area contributed by atoms with Crippen LogP contribution in [0.4, 0.5) is 11.4 Å². The number of halogens is 2. The van der Waals surface area contributed by atoms with Crippen molar-refractivity contribution in [3.8, 4) is 23.0 Å². The lowest BCUT2D eigenvalue weighted by molar-refractivity contribution is -0.126. The van der Waals surface area contributed by atoms with Crippen LogP contribution in [0.1, 0.15) is 20.8 Å². The van der Waals surface area contributed by atoms with E-state index in [1.54, 1.807) is 25.1 Å². The van der Waals surface area contributed by atoms with Gasteiger partial charge in [0, 0.05) is 23.9 Å². The topological polar surface area (TPSA) is 99.0 Å². The van der Waals surface area contributed by atoms with Crippen LogP contribution in [-0.4, -0.2) is 45.2 Å². The lowest BCUT2D eigenvalue weighted by Gasteiger charge is -2.19. The molecule has 0 aliphatic carbocycles. The van der Waals surface area contributed by atoms with Crippen LogP contribution in [-0.2, 0) is 9.59 Å². The first-order valence-electron chi connectivity index (χ1n) is 9.99. The number of benzene rings is 2. The highest BCUT2D eigenvalue weighted by Gasteiger charge is 2.30. The number of rotatable bonds is 11. The van der Waals surface area contributed by atoms with Crippen LogP contribution < -0.4 is 23.4 Å². The fourth-order valence-electron chi connectivity index (χ4n) is 2.74. The highest BCUT2D eigenvalue weighted by Crippen LogP contribution is 2.39. The molecule has 0 N–H and O–H groups in total. The Hall–Kier alpha value is -3.04. The number of anilines is 1. The molecular formula is C22H25Cl2N3O6. The molecule has 2 rings (SSSR count). The third-order valence-corrected chi connectivity index (χ3v) is 4.95. The lowest BCUT2D eigenvalue weighted by atomic mass is 10.2. The monoisotopic (exact) mass is 497 g/mol. The number of amides is 1. The molecule has 1 amide bonds. The second-order valence-corrected chi connectivity index (χ2v) is 7.25. The maximum atomic E-state index is 13.0. The average Bonchev–Trinajstić information content (AvgIpc) is 2.80. The Balaban J connectivity index is 2.39. The molecule has 0 saturated carbocycles. The largest absolute Gasteiger partial charge is 0.497 e. The minimum Gasteiger partial charge on any atom is -0.497 e. The van der Waals surface area contributed by atoms with Crippen LogP contribution >= 0.6 is 23.4 Å². The summed E-state index contributed by atoms with van der Waals surface area (Å²) in [5.74, 6) is 0.159. The molecule has 0 bridgehead atoms. The van der Waals surface area contributed by atoms with Gasteiger partial charge in [0.1, 0.15) is 28.6 Å². The Labute approximate surface area is 202 Å². The Morgan fingerprint density at radius 2 is 1.67 bits per heavy atom. The van der Waals surface area contributed by atoms with E-state index in [0.717, 1.165) is 4.42 Å². The third-order valence-electron chi connectivity index (χ3n) is 4.30. The smallest absolute Gasteiger partial charge is 0.276 e. The van der Waals surface area contributed by atoms with Gasteiger partial charge in [0.05, 0.1) is 32.5 Å². The van der Waals surface area contributed by atoms with Crippen LogP contribution in [0.15, 0.2) is 40.6 Å². The normalized spacial score (nSPS) is 11.7. The zero-order chi connectivity index (χ0) is 24.5. The molecule has 0 heterocycles. The number of azo groups is 1. The molecular weight excluding hydrogens is 473 g/mol. The predicted octanol–water partition coefficient (Wildman–Crippen LogP) is 5.38. The van der Waals surface area contributed by atoms with Crippen LogP contribution in [0.25, 0.3) is 0 Å². The van der Waals surface area contributed by atoms with Gasteiger partial charge in [-0.1, -0.05) is 11.6 Å². The summed E-state index contributed by atoms with van der Waals surface area (Å²) in [6.07, 6.45) is 0. The molecule has 0 aliphatic heterocycles. The summed E-state index contributed by atoms with van der Waals surface area (Å²) in [4.78, 5) is 25.2. The molecule has 0 fully saturated rings. The number of hydrogen-bond donors (Lipinski definition) is 0. The molecule has 178 valence electrons. The maximum Gasteiger partial charge on any atom is 0.276 e. The van der Waals surface area contributed by atoms with Crippen molar-refractivity contribution in [3.05, 3.63) is 35.4 Å². The van der Waals surface area contributed by atoms with Crippen molar-refractivity contribution in [3.63, 3.8) is 0 Å². The lowest BCUT2D eigenvalue weighted by Crippen LogP contribution is -2.36. The number of carbonyl (C=O) groups is 2. The van der Waals surface area contributed by atoms with E-state index in [4.69, 9.17) is 42.3 Å². The molecule has 1 unspecified atom stereocenters. The maximum absolute atomic E-state index is 13.0. The summed E-state index contributed by atoms with van der Waals surface area (Å²) >= 11 is 12.5. The van der Waals surface area contributed by atoms with Gasteiger partial charge in [-0.3, -0.25) is 9.59 Å². The number of ether oxygens (including phenoxy) is 4. The summed E-state index contributed by atoms with van der Waals surface area (Å²) in [5.41, 5.74) is 0.443. The van der Waals surface area contributed by atoms with Gasteiger partial charge >= 0.3 is 0 Å². The zero-order valence-electron chi connectivity index (χ0n) is 18.9. The Morgan fingerprint density at radius 1 is 1.00 bits per heavy atom. The van der Waals surface area contributed by atoms with Gasteiger partial charge in [0.2, 0.25) is 6.04 Å². The summed E-state index contributed by atoms with van der Waals surface area (Å²) in [6.45, 7) is 5.59. The zero-order valence-corrected chi connectivity index (χ0v) is 20.4. The average molecular weight is 498 g/mol. The summed E-state index contributed by atoms with van der Waals surface area (Å²) in [5, 5.41) is 8.28. The van der Waals surface area contributed by atoms with E-state index in [9.17, 15) is 9.59 Å². The molecule has 0 aliphatic rings. The van der Waals surface area contributed by atoms with E-state index < -0.39 is 17.7 Å². The van der Waals surface area contributed by atoms with Crippen molar-refractivity contribution < 1.29 is 28.5 Å². The fraction of sp³-hybridized carbons (Fsp3) is 0.364. The number of hydrogen-bond acceptors (Lipinski definition) is 8. The Kier molecular flexibility index (Phi) is 9.74. The van der Waals surface area contributed by atoms with E-state index in [1.807, 2.05) is 6.92 Å². The van der Waals surface area contributed by atoms with Gasteiger partial charge in [-0.2, -0.15) is 10.2 Å². The SMILES string of the molecule is CCOc1cc(OCC)c(N=NC(C(C)=O)C(=O)N(Cl)c2ccc(OC)cc2OC)cc1Cl. The van der Waals surface area contributed by atoms with Crippen molar-refractivity contribution in [2.75, 3.05) is 31.9 Å². The Bertz CT molecular complexity index is 1030. The molecule has 0 spiro atoms. The highest BCUT2D eigenvalue weighted by molar-refractivity contribution is 6.39. The minimum atomic E-state index is -1.51. The van der Waals surface area contributed by atoms with E-state index in [0.29, 0.717) is 30.5 Å². The first-order chi connectivity index (χ1) is 15.8. The molecule has 1 atom stereocenters. The molecule has 0 aromatic heterocycles. The first kappa shape index (κ1) is 26.2. The van der Waals surface area contributed by atoms with Crippen LogP contribution in [0, 0.1) is 0 Å². The molecule has 9 nitrogen and oxygen atoms in total. The van der Waals surface area contributed by atoms with E-state index in [-0.39, 0.29) is 22.1 Å². The van der Waals surface area contributed by atoms with Gasteiger partial charge in [0.25, 0.3) is 5.91 Å². The second kappa shape index (κ2) is 12.3. The summed E-state index contributed by atoms with van der Waals surface area (Å²) < 4.78 is 22.2. The van der Waals surface area contributed by atoms with Gasteiger partial charge < -0.3 is 18.9 Å². The number of nitrogens with zero attached hydrogens (tertiary/aromatic N) is 3. The minimum absolute atomic E-state index is 0.213. The van der Waals surface area contributed by atoms with E-state index >= 15 is 0 Å². The Morgan fingerprint density at radius 3 is 2.24 bits per heavy atom. The molecule has 2 aromatic rings. The van der Waals surface area contributed by atoms with Gasteiger partial charge in [-0.25, -0.2) is 4.42 Å². The van der Waals surface area contributed by atoms with Gasteiger partial charge in [0.15, 0.2) is 11.5 Å². The third kappa shape index (κ3) is 6.49. The van der Waals surface area contributed by atoms with Gasteiger partial charge in [-0.05, 0) is 39.0 Å². The van der Waals surface area contributed by atoms with E-state index in [1.165, 1.54) is 33.3 Å². The summed E-state index contributed by atoms with van der Waals surface area (Å²) in [7, 11) is 2.91. The number of methoxy groups -OCH3 is 2. The molecule has 0 saturated heterocycles. The van der Waals surface area contributed by atoms with Crippen LogP contribution in [0.2, 0.25) is 5.02 Å².